The lowest BCUT2D eigenvalue weighted by molar-refractivity contribution is 0.227. The predicted octanol–water partition coefficient (Wildman–Crippen LogP) is 4.34. The third-order valence-corrected chi connectivity index (χ3v) is 4.85. The fourth-order valence-corrected chi connectivity index (χ4v) is 3.24. The molecule has 1 atom stereocenters. The fourth-order valence-electron chi connectivity index (χ4n) is 3.24. The van der Waals surface area contributed by atoms with Gasteiger partial charge in [0, 0.05) is 24.7 Å². The van der Waals surface area contributed by atoms with Gasteiger partial charge >= 0.3 is 0 Å². The van der Waals surface area contributed by atoms with E-state index >= 15 is 0 Å². The minimum atomic E-state index is 0.696. The van der Waals surface area contributed by atoms with Crippen molar-refractivity contribution in [1.29, 1.82) is 0 Å². The van der Waals surface area contributed by atoms with Gasteiger partial charge in [-0.3, -0.25) is 0 Å². The van der Waals surface area contributed by atoms with E-state index in [4.69, 9.17) is 0 Å². The van der Waals surface area contributed by atoms with Crippen molar-refractivity contribution in [2.24, 2.45) is 5.92 Å². The molecule has 0 radical (unpaired) electrons. The highest BCUT2D eigenvalue weighted by atomic mass is 15.1. The summed E-state index contributed by atoms with van der Waals surface area (Å²) in [6, 6.07) is 8.79. The molecule has 20 heavy (non-hydrogen) atoms. The molecule has 1 heterocycles. The highest BCUT2D eigenvalue weighted by Gasteiger charge is 2.22. The SMILES string of the molecule is CCC(CC)CN(CC)CCC1CNc2ccccc21. The van der Waals surface area contributed by atoms with E-state index in [0.29, 0.717) is 5.92 Å². The zero-order valence-electron chi connectivity index (χ0n) is 13.4. The monoisotopic (exact) mass is 274 g/mol. The first-order chi connectivity index (χ1) is 9.78. The summed E-state index contributed by atoms with van der Waals surface area (Å²) in [5.74, 6) is 1.56. The second kappa shape index (κ2) is 7.68. The van der Waals surface area contributed by atoms with Crippen LogP contribution in [0, 0.1) is 5.92 Å². The standard InChI is InChI=1S/C18H30N2/c1-4-15(5-2)14-20(6-3)12-11-16-13-19-18-10-8-7-9-17(16)18/h7-10,15-16,19H,4-6,11-14H2,1-3H3. The molecule has 0 saturated carbocycles. The summed E-state index contributed by atoms with van der Waals surface area (Å²) in [6.45, 7) is 11.7. The Kier molecular flexibility index (Phi) is 5.90. The molecule has 0 amide bonds. The first kappa shape index (κ1) is 15.4. The number of nitrogens with one attached hydrogen (secondary N) is 1. The number of benzene rings is 1. The van der Waals surface area contributed by atoms with Gasteiger partial charge in [-0.15, -0.1) is 0 Å². The van der Waals surface area contributed by atoms with Crippen molar-refractivity contribution in [3.63, 3.8) is 0 Å². The quantitative estimate of drug-likeness (QED) is 0.758. The van der Waals surface area contributed by atoms with Crippen LogP contribution in [0.5, 0.6) is 0 Å². The normalized spacial score (nSPS) is 17.6. The molecule has 1 unspecified atom stereocenters. The molecular formula is C18H30N2. The first-order valence-electron chi connectivity index (χ1n) is 8.33. The summed E-state index contributed by atoms with van der Waals surface area (Å²) >= 11 is 0. The zero-order valence-corrected chi connectivity index (χ0v) is 13.4. The molecule has 112 valence electrons. The average Bonchev–Trinajstić information content (AvgIpc) is 2.91. The number of hydrogen-bond acceptors (Lipinski definition) is 2. The Bertz CT molecular complexity index is 398. The van der Waals surface area contributed by atoms with Crippen LogP contribution in [-0.2, 0) is 0 Å². The number of fused-ring (bicyclic) bond motifs is 1. The van der Waals surface area contributed by atoms with E-state index < -0.39 is 0 Å². The van der Waals surface area contributed by atoms with E-state index in [1.165, 1.54) is 50.1 Å². The van der Waals surface area contributed by atoms with Crippen molar-refractivity contribution < 1.29 is 0 Å². The van der Waals surface area contributed by atoms with Gasteiger partial charge in [0.15, 0.2) is 0 Å². The fraction of sp³-hybridized carbons (Fsp3) is 0.667. The summed E-state index contributed by atoms with van der Waals surface area (Å²) < 4.78 is 0. The summed E-state index contributed by atoms with van der Waals surface area (Å²) in [5, 5.41) is 3.54. The number of hydrogen-bond donors (Lipinski definition) is 1. The Balaban J connectivity index is 1.85. The van der Waals surface area contributed by atoms with Crippen molar-refractivity contribution in [3.8, 4) is 0 Å². The lowest BCUT2D eigenvalue weighted by atomic mass is 9.97. The molecule has 0 bridgehead atoms. The number of para-hydroxylation sites is 1. The van der Waals surface area contributed by atoms with E-state index in [1.807, 2.05) is 0 Å². The minimum absolute atomic E-state index is 0.696. The maximum absolute atomic E-state index is 3.54. The number of nitrogens with zero attached hydrogens (tertiary/aromatic N) is 1. The van der Waals surface area contributed by atoms with Crippen molar-refractivity contribution in [3.05, 3.63) is 29.8 Å². The van der Waals surface area contributed by atoms with Crippen LogP contribution in [0.1, 0.15) is 51.5 Å². The summed E-state index contributed by atoms with van der Waals surface area (Å²) in [5.41, 5.74) is 2.87. The van der Waals surface area contributed by atoms with Gasteiger partial charge in [-0.25, -0.2) is 0 Å². The molecule has 0 aromatic heterocycles. The Hall–Kier alpha value is -1.02. The predicted molar refractivity (Wildman–Crippen MR) is 88.5 cm³/mol. The molecule has 2 nitrogen and oxygen atoms in total. The lowest BCUT2D eigenvalue weighted by Gasteiger charge is -2.26. The number of anilines is 1. The molecule has 0 spiro atoms. The van der Waals surface area contributed by atoms with Crippen LogP contribution >= 0.6 is 0 Å². The van der Waals surface area contributed by atoms with Gasteiger partial charge in [-0.1, -0.05) is 51.8 Å². The van der Waals surface area contributed by atoms with Gasteiger partial charge in [0.2, 0.25) is 0 Å². The van der Waals surface area contributed by atoms with Gasteiger partial charge in [0.1, 0.15) is 0 Å². The molecular weight excluding hydrogens is 244 g/mol. The second-order valence-electron chi connectivity index (χ2n) is 6.03. The van der Waals surface area contributed by atoms with Gasteiger partial charge < -0.3 is 10.2 Å². The molecule has 1 N–H and O–H groups in total. The lowest BCUT2D eigenvalue weighted by Crippen LogP contribution is -2.31. The van der Waals surface area contributed by atoms with E-state index in [2.05, 4.69) is 55.3 Å². The van der Waals surface area contributed by atoms with Gasteiger partial charge in [0.25, 0.3) is 0 Å². The van der Waals surface area contributed by atoms with E-state index in [-0.39, 0.29) is 0 Å². The molecule has 1 aliphatic heterocycles. The van der Waals surface area contributed by atoms with Crippen LogP contribution in [0.25, 0.3) is 0 Å². The van der Waals surface area contributed by atoms with Crippen LogP contribution < -0.4 is 5.32 Å². The highest BCUT2D eigenvalue weighted by Crippen LogP contribution is 2.33. The van der Waals surface area contributed by atoms with Crippen molar-refractivity contribution in [2.45, 2.75) is 46.0 Å². The maximum Gasteiger partial charge on any atom is 0.0376 e. The van der Waals surface area contributed by atoms with Crippen molar-refractivity contribution in [1.82, 2.24) is 4.90 Å². The third kappa shape index (κ3) is 3.76. The van der Waals surface area contributed by atoms with E-state index in [9.17, 15) is 0 Å². The van der Waals surface area contributed by atoms with Crippen LogP contribution in [0.2, 0.25) is 0 Å². The maximum atomic E-state index is 3.54. The van der Waals surface area contributed by atoms with E-state index in [1.54, 1.807) is 0 Å². The molecule has 2 heteroatoms. The highest BCUT2D eigenvalue weighted by molar-refractivity contribution is 5.57. The summed E-state index contributed by atoms with van der Waals surface area (Å²) in [7, 11) is 0. The van der Waals surface area contributed by atoms with Gasteiger partial charge in [-0.05, 0) is 37.1 Å². The molecule has 2 rings (SSSR count). The van der Waals surface area contributed by atoms with Gasteiger partial charge in [-0.2, -0.15) is 0 Å². The minimum Gasteiger partial charge on any atom is -0.384 e. The Morgan fingerprint density at radius 3 is 2.65 bits per heavy atom. The smallest absolute Gasteiger partial charge is 0.0376 e. The van der Waals surface area contributed by atoms with E-state index in [0.717, 1.165) is 12.5 Å². The number of rotatable bonds is 8. The molecule has 0 fully saturated rings. The van der Waals surface area contributed by atoms with Crippen LogP contribution in [0.15, 0.2) is 24.3 Å². The molecule has 0 saturated heterocycles. The Labute approximate surface area is 124 Å². The average molecular weight is 274 g/mol. The van der Waals surface area contributed by atoms with Crippen LogP contribution in [0.3, 0.4) is 0 Å². The summed E-state index contributed by atoms with van der Waals surface area (Å²) in [4.78, 5) is 2.64. The Morgan fingerprint density at radius 2 is 1.95 bits per heavy atom. The summed E-state index contributed by atoms with van der Waals surface area (Å²) in [6.07, 6.45) is 3.89. The topological polar surface area (TPSA) is 15.3 Å². The Morgan fingerprint density at radius 1 is 1.20 bits per heavy atom. The molecule has 1 aromatic rings. The zero-order chi connectivity index (χ0) is 14.4. The third-order valence-electron chi connectivity index (χ3n) is 4.85. The first-order valence-corrected chi connectivity index (χ1v) is 8.33. The second-order valence-corrected chi connectivity index (χ2v) is 6.03. The van der Waals surface area contributed by atoms with Crippen molar-refractivity contribution >= 4 is 5.69 Å². The van der Waals surface area contributed by atoms with Gasteiger partial charge in [0.05, 0.1) is 0 Å². The molecule has 1 aliphatic rings. The molecule has 0 aliphatic carbocycles. The largest absolute Gasteiger partial charge is 0.384 e. The van der Waals surface area contributed by atoms with Crippen LogP contribution in [0.4, 0.5) is 5.69 Å². The van der Waals surface area contributed by atoms with Crippen molar-refractivity contribution in [2.75, 3.05) is 31.5 Å². The van der Waals surface area contributed by atoms with Crippen LogP contribution in [-0.4, -0.2) is 31.1 Å². The molecule has 1 aromatic carbocycles.